The van der Waals surface area contributed by atoms with Crippen LogP contribution in [0, 0.1) is 23.0 Å². The molecule has 1 N–H and O–H groups in total. The van der Waals surface area contributed by atoms with Crippen molar-refractivity contribution in [2.45, 2.75) is 31.3 Å². The Balaban J connectivity index is 1.82. The topological polar surface area (TPSA) is 39.1 Å². The van der Waals surface area contributed by atoms with Gasteiger partial charge in [-0.25, -0.2) is 8.78 Å². The Hall–Kier alpha value is -1.67. The molecule has 2 aliphatic heterocycles. The molecule has 0 radical (unpaired) electrons. The second kappa shape index (κ2) is 4.78. The fourth-order valence-electron chi connectivity index (χ4n) is 3.21. The molecule has 1 aromatic rings. The van der Waals surface area contributed by atoms with E-state index in [1.54, 1.807) is 6.07 Å². The summed E-state index contributed by atoms with van der Waals surface area (Å²) < 4.78 is 27.7. The van der Waals surface area contributed by atoms with Crippen molar-refractivity contribution in [3.63, 3.8) is 0 Å². The first-order valence-corrected chi connectivity index (χ1v) is 6.59. The van der Waals surface area contributed by atoms with Crippen LogP contribution in [0.3, 0.4) is 0 Å². The predicted molar refractivity (Wildman–Crippen MR) is 67.7 cm³/mol. The summed E-state index contributed by atoms with van der Waals surface area (Å²) >= 11 is 0. The Morgan fingerprint density at radius 3 is 2.63 bits per heavy atom. The SMILES string of the molecule is N#Cc1cc(F)c(NC2CCN3CCCC23)c(F)c1. The van der Waals surface area contributed by atoms with Gasteiger partial charge in [-0.15, -0.1) is 0 Å². The molecule has 2 fully saturated rings. The van der Waals surface area contributed by atoms with E-state index in [2.05, 4.69) is 10.2 Å². The Bertz CT molecular complexity index is 515. The number of anilines is 1. The van der Waals surface area contributed by atoms with E-state index >= 15 is 0 Å². The molecular weight excluding hydrogens is 248 g/mol. The lowest BCUT2D eigenvalue weighted by atomic mass is 10.1. The number of halogens is 2. The highest BCUT2D eigenvalue weighted by atomic mass is 19.1. The minimum atomic E-state index is -0.687. The lowest BCUT2D eigenvalue weighted by Gasteiger charge is -2.22. The van der Waals surface area contributed by atoms with E-state index in [1.807, 2.05) is 0 Å². The highest BCUT2D eigenvalue weighted by molar-refractivity contribution is 5.51. The van der Waals surface area contributed by atoms with Crippen LogP contribution in [0.25, 0.3) is 0 Å². The van der Waals surface area contributed by atoms with Crippen molar-refractivity contribution >= 4 is 5.69 Å². The van der Waals surface area contributed by atoms with Gasteiger partial charge in [0.25, 0.3) is 0 Å². The standard InChI is InChI=1S/C14H15F2N3/c15-10-6-9(8-17)7-11(16)14(10)18-12-3-5-19-4-1-2-13(12)19/h6-7,12-13,18H,1-5H2. The zero-order valence-corrected chi connectivity index (χ0v) is 10.5. The number of hydrogen-bond acceptors (Lipinski definition) is 3. The first kappa shape index (κ1) is 12.4. The van der Waals surface area contributed by atoms with Crippen LogP contribution in [-0.4, -0.2) is 30.1 Å². The van der Waals surface area contributed by atoms with Crippen molar-refractivity contribution in [2.24, 2.45) is 0 Å². The van der Waals surface area contributed by atoms with E-state index in [0.29, 0.717) is 6.04 Å². The monoisotopic (exact) mass is 263 g/mol. The molecule has 2 heterocycles. The van der Waals surface area contributed by atoms with Crippen LogP contribution in [0.5, 0.6) is 0 Å². The molecule has 5 heteroatoms. The molecule has 3 rings (SSSR count). The van der Waals surface area contributed by atoms with Crippen molar-refractivity contribution < 1.29 is 8.78 Å². The zero-order valence-electron chi connectivity index (χ0n) is 10.5. The molecule has 0 aliphatic carbocycles. The number of benzene rings is 1. The molecule has 2 unspecified atom stereocenters. The first-order chi connectivity index (χ1) is 9.19. The fourth-order valence-corrected chi connectivity index (χ4v) is 3.21. The summed E-state index contributed by atoms with van der Waals surface area (Å²) in [4.78, 5) is 2.37. The zero-order chi connectivity index (χ0) is 13.4. The summed E-state index contributed by atoms with van der Waals surface area (Å²) in [5.74, 6) is -1.37. The number of rotatable bonds is 2. The molecule has 0 bridgehead atoms. The van der Waals surface area contributed by atoms with E-state index in [1.165, 1.54) is 0 Å². The number of nitrogens with zero attached hydrogens (tertiary/aromatic N) is 2. The van der Waals surface area contributed by atoms with Gasteiger partial charge in [-0.05, 0) is 37.9 Å². The van der Waals surface area contributed by atoms with Crippen LogP contribution in [0.15, 0.2) is 12.1 Å². The third kappa shape index (κ3) is 2.17. The Morgan fingerprint density at radius 1 is 1.21 bits per heavy atom. The molecule has 100 valence electrons. The molecule has 19 heavy (non-hydrogen) atoms. The normalized spacial score (nSPS) is 26.2. The van der Waals surface area contributed by atoms with Gasteiger partial charge in [-0.1, -0.05) is 0 Å². The number of nitriles is 1. The summed E-state index contributed by atoms with van der Waals surface area (Å²) in [6, 6.07) is 4.38. The molecule has 3 nitrogen and oxygen atoms in total. The van der Waals surface area contributed by atoms with E-state index in [4.69, 9.17) is 5.26 Å². The summed E-state index contributed by atoms with van der Waals surface area (Å²) in [6.07, 6.45) is 3.14. The highest BCUT2D eigenvalue weighted by Gasteiger charge is 2.37. The van der Waals surface area contributed by atoms with Crippen molar-refractivity contribution in [3.05, 3.63) is 29.3 Å². The quantitative estimate of drug-likeness (QED) is 0.891. The lowest BCUT2D eigenvalue weighted by molar-refractivity contribution is 0.318. The third-order valence-corrected chi connectivity index (χ3v) is 4.11. The van der Waals surface area contributed by atoms with Crippen molar-refractivity contribution in [1.82, 2.24) is 4.90 Å². The maximum Gasteiger partial charge on any atom is 0.150 e. The molecule has 0 spiro atoms. The largest absolute Gasteiger partial charge is 0.376 e. The van der Waals surface area contributed by atoms with Crippen LogP contribution in [0.4, 0.5) is 14.5 Å². The second-order valence-electron chi connectivity index (χ2n) is 5.21. The van der Waals surface area contributed by atoms with Gasteiger partial charge in [0, 0.05) is 18.6 Å². The van der Waals surface area contributed by atoms with Crippen LogP contribution in [0.1, 0.15) is 24.8 Å². The maximum atomic E-state index is 13.8. The molecule has 0 aromatic heterocycles. The summed E-state index contributed by atoms with van der Waals surface area (Å²) in [6.45, 7) is 2.07. The van der Waals surface area contributed by atoms with Gasteiger partial charge in [0.1, 0.15) is 5.69 Å². The minimum absolute atomic E-state index is 0.00876. The molecule has 2 atom stereocenters. The summed E-state index contributed by atoms with van der Waals surface area (Å²) in [5.41, 5.74) is -0.0905. The highest BCUT2D eigenvalue weighted by Crippen LogP contribution is 2.31. The smallest absolute Gasteiger partial charge is 0.150 e. The van der Waals surface area contributed by atoms with Gasteiger partial charge >= 0.3 is 0 Å². The first-order valence-electron chi connectivity index (χ1n) is 6.59. The fraction of sp³-hybridized carbons (Fsp3) is 0.500. The number of hydrogen-bond donors (Lipinski definition) is 1. The average Bonchev–Trinajstić information content (AvgIpc) is 2.97. The van der Waals surface area contributed by atoms with Crippen molar-refractivity contribution in [2.75, 3.05) is 18.4 Å². The molecule has 1 aromatic carbocycles. The third-order valence-electron chi connectivity index (χ3n) is 4.11. The van der Waals surface area contributed by atoms with E-state index in [-0.39, 0.29) is 17.3 Å². The predicted octanol–water partition coefficient (Wildman–Crippen LogP) is 2.49. The van der Waals surface area contributed by atoms with Gasteiger partial charge in [0.15, 0.2) is 11.6 Å². The second-order valence-corrected chi connectivity index (χ2v) is 5.21. The average molecular weight is 263 g/mol. The summed E-state index contributed by atoms with van der Waals surface area (Å²) in [5, 5.41) is 11.7. The van der Waals surface area contributed by atoms with E-state index < -0.39 is 11.6 Å². The van der Waals surface area contributed by atoms with Gasteiger partial charge in [0.2, 0.25) is 0 Å². The van der Waals surface area contributed by atoms with Gasteiger partial charge in [0.05, 0.1) is 11.6 Å². The molecule has 0 saturated carbocycles. The Kier molecular flexibility index (Phi) is 3.11. The van der Waals surface area contributed by atoms with Crippen molar-refractivity contribution in [3.8, 4) is 6.07 Å². The van der Waals surface area contributed by atoms with Gasteiger partial charge in [-0.3, -0.25) is 4.90 Å². The molecular formula is C14H15F2N3. The lowest BCUT2D eigenvalue weighted by Crippen LogP contribution is -2.34. The Labute approximate surface area is 110 Å². The van der Waals surface area contributed by atoms with Gasteiger partial charge in [-0.2, -0.15) is 5.26 Å². The Morgan fingerprint density at radius 2 is 1.95 bits per heavy atom. The molecule has 0 amide bonds. The minimum Gasteiger partial charge on any atom is -0.376 e. The maximum absolute atomic E-state index is 13.8. The van der Waals surface area contributed by atoms with E-state index in [9.17, 15) is 8.78 Å². The van der Waals surface area contributed by atoms with Crippen LogP contribution in [0.2, 0.25) is 0 Å². The van der Waals surface area contributed by atoms with Crippen LogP contribution < -0.4 is 5.32 Å². The van der Waals surface area contributed by atoms with Crippen molar-refractivity contribution in [1.29, 1.82) is 5.26 Å². The number of fused-ring (bicyclic) bond motifs is 1. The van der Waals surface area contributed by atoms with E-state index in [0.717, 1.165) is 44.5 Å². The number of nitrogens with one attached hydrogen (secondary N) is 1. The van der Waals surface area contributed by atoms with Gasteiger partial charge < -0.3 is 5.32 Å². The molecule has 2 saturated heterocycles. The van der Waals surface area contributed by atoms with Crippen LogP contribution in [-0.2, 0) is 0 Å². The van der Waals surface area contributed by atoms with Crippen LogP contribution >= 0.6 is 0 Å². The molecule has 2 aliphatic rings. The summed E-state index contributed by atoms with van der Waals surface area (Å²) in [7, 11) is 0.